The van der Waals surface area contributed by atoms with E-state index in [4.69, 9.17) is 0 Å². The van der Waals surface area contributed by atoms with E-state index in [2.05, 4.69) is 16.9 Å². The van der Waals surface area contributed by atoms with E-state index in [0.29, 0.717) is 16.3 Å². The van der Waals surface area contributed by atoms with Gasteiger partial charge in [-0.1, -0.05) is 36.4 Å². The number of hydrogen-bond acceptors (Lipinski definition) is 5. The first-order valence-corrected chi connectivity index (χ1v) is 9.76. The monoisotopic (exact) mass is 403 g/mol. The lowest BCUT2D eigenvalue weighted by atomic mass is 10.1. The molecule has 0 saturated carbocycles. The number of hydrogen-bond donors (Lipinski definition) is 1. The van der Waals surface area contributed by atoms with Gasteiger partial charge in [0.2, 0.25) is 0 Å². The highest BCUT2D eigenvalue weighted by Crippen LogP contribution is 2.31. The van der Waals surface area contributed by atoms with Crippen molar-refractivity contribution in [1.29, 1.82) is 0 Å². The average Bonchev–Trinajstić information content (AvgIpc) is 3.21. The molecule has 0 saturated heterocycles. The first kappa shape index (κ1) is 18.8. The Balaban J connectivity index is 1.57. The Morgan fingerprint density at radius 1 is 1.14 bits per heavy atom. The maximum atomic E-state index is 12.7. The van der Waals surface area contributed by atoms with Crippen LogP contribution in [0.1, 0.15) is 36.0 Å². The lowest BCUT2D eigenvalue weighted by molar-refractivity contribution is 0.0672. The highest BCUT2D eigenvalue weighted by Gasteiger charge is 2.35. The summed E-state index contributed by atoms with van der Waals surface area (Å²) < 4.78 is 0. The van der Waals surface area contributed by atoms with Gasteiger partial charge in [0.05, 0.1) is 16.8 Å². The second kappa shape index (κ2) is 7.44. The normalized spacial score (nSPS) is 12.8. The molecule has 1 aromatic heterocycles. The summed E-state index contributed by atoms with van der Waals surface area (Å²) in [4.78, 5) is 44.1. The fourth-order valence-electron chi connectivity index (χ4n) is 3.21. The smallest absolute Gasteiger partial charge is 0.261 e. The van der Waals surface area contributed by atoms with Crippen LogP contribution in [0.15, 0.2) is 61.2 Å². The number of aryl methyl sites for hydroxylation is 1. The molecule has 0 atom stereocenters. The van der Waals surface area contributed by atoms with Crippen molar-refractivity contribution in [2.75, 3.05) is 11.9 Å². The van der Waals surface area contributed by atoms with Crippen LogP contribution in [-0.4, -0.2) is 34.2 Å². The molecule has 0 fully saturated rings. The third kappa shape index (κ3) is 3.36. The molecule has 7 heteroatoms. The standard InChI is InChI=1S/C22H17N3O3S/c1-3-11-25-20(27)16-10-9-15(12-17(16)21(25)28)19(26)24-22-23-18(13(2)29-22)14-7-5-4-6-8-14/h3-10,12H,1,11H2,2H3,(H,23,24,26). The molecule has 4 rings (SSSR count). The van der Waals surface area contributed by atoms with Gasteiger partial charge < -0.3 is 0 Å². The fraction of sp³-hybridized carbons (Fsp3) is 0.0909. The van der Waals surface area contributed by atoms with Gasteiger partial charge in [-0.25, -0.2) is 4.98 Å². The second-order valence-electron chi connectivity index (χ2n) is 6.51. The van der Waals surface area contributed by atoms with Gasteiger partial charge in [0.25, 0.3) is 17.7 Å². The van der Waals surface area contributed by atoms with E-state index >= 15 is 0 Å². The summed E-state index contributed by atoms with van der Waals surface area (Å²) in [7, 11) is 0. The summed E-state index contributed by atoms with van der Waals surface area (Å²) >= 11 is 1.38. The number of nitrogens with zero attached hydrogens (tertiary/aromatic N) is 2. The number of aromatic nitrogens is 1. The number of imide groups is 1. The molecule has 3 amide bonds. The molecule has 2 aromatic carbocycles. The van der Waals surface area contributed by atoms with Gasteiger partial charge in [-0.05, 0) is 25.1 Å². The number of rotatable bonds is 5. The third-order valence-corrected chi connectivity index (χ3v) is 5.50. The largest absolute Gasteiger partial charge is 0.298 e. The van der Waals surface area contributed by atoms with Gasteiger partial charge >= 0.3 is 0 Å². The maximum absolute atomic E-state index is 12.7. The van der Waals surface area contributed by atoms with Crippen LogP contribution in [0, 0.1) is 6.92 Å². The lowest BCUT2D eigenvalue weighted by Crippen LogP contribution is -2.29. The zero-order chi connectivity index (χ0) is 20.5. The summed E-state index contributed by atoms with van der Waals surface area (Å²) in [5.74, 6) is -1.18. The van der Waals surface area contributed by atoms with E-state index < -0.39 is 5.91 Å². The van der Waals surface area contributed by atoms with Gasteiger partial charge in [-0.2, -0.15) is 0 Å². The van der Waals surface area contributed by atoms with Crippen LogP contribution in [0.3, 0.4) is 0 Å². The summed E-state index contributed by atoms with van der Waals surface area (Å²) in [5, 5.41) is 3.26. The Morgan fingerprint density at radius 2 is 1.86 bits per heavy atom. The van der Waals surface area contributed by atoms with Crippen molar-refractivity contribution in [3.63, 3.8) is 0 Å². The molecule has 0 bridgehead atoms. The van der Waals surface area contributed by atoms with Gasteiger partial charge in [0, 0.05) is 22.5 Å². The van der Waals surface area contributed by atoms with E-state index in [0.717, 1.165) is 21.0 Å². The van der Waals surface area contributed by atoms with Crippen molar-refractivity contribution in [2.45, 2.75) is 6.92 Å². The first-order valence-electron chi connectivity index (χ1n) is 8.95. The van der Waals surface area contributed by atoms with E-state index in [9.17, 15) is 14.4 Å². The van der Waals surface area contributed by atoms with Gasteiger partial charge in [0.1, 0.15) is 0 Å². The van der Waals surface area contributed by atoms with Crippen LogP contribution in [0.25, 0.3) is 11.3 Å². The predicted molar refractivity (Wildman–Crippen MR) is 112 cm³/mol. The Bertz CT molecular complexity index is 1150. The molecule has 2 heterocycles. The highest BCUT2D eigenvalue weighted by molar-refractivity contribution is 7.16. The number of carbonyl (C=O) groups excluding carboxylic acids is 3. The van der Waals surface area contributed by atoms with Crippen LogP contribution in [0.2, 0.25) is 0 Å². The summed E-state index contributed by atoms with van der Waals surface area (Å²) in [6, 6.07) is 14.2. The summed E-state index contributed by atoms with van der Waals surface area (Å²) in [5.41, 5.74) is 2.61. The molecular formula is C22H17N3O3S. The van der Waals surface area contributed by atoms with E-state index in [1.165, 1.54) is 35.6 Å². The van der Waals surface area contributed by atoms with E-state index in [-0.39, 0.29) is 23.9 Å². The minimum Gasteiger partial charge on any atom is -0.298 e. The van der Waals surface area contributed by atoms with Crippen LogP contribution < -0.4 is 5.32 Å². The zero-order valence-corrected chi connectivity index (χ0v) is 16.5. The zero-order valence-electron chi connectivity index (χ0n) is 15.6. The number of fused-ring (bicyclic) bond motifs is 1. The molecule has 1 aliphatic rings. The Kier molecular flexibility index (Phi) is 4.82. The van der Waals surface area contributed by atoms with Crippen molar-refractivity contribution in [3.8, 4) is 11.3 Å². The number of carbonyl (C=O) groups is 3. The minimum atomic E-state index is -0.420. The molecule has 0 spiro atoms. The summed E-state index contributed by atoms with van der Waals surface area (Å²) in [6.07, 6.45) is 1.49. The van der Waals surface area contributed by atoms with Crippen LogP contribution in [0.5, 0.6) is 0 Å². The maximum Gasteiger partial charge on any atom is 0.261 e. The Morgan fingerprint density at radius 3 is 2.59 bits per heavy atom. The van der Waals surface area contributed by atoms with Crippen LogP contribution in [0.4, 0.5) is 5.13 Å². The lowest BCUT2D eigenvalue weighted by Gasteiger charge is -2.09. The quantitative estimate of drug-likeness (QED) is 0.513. The minimum absolute atomic E-state index is 0.133. The Labute approximate surface area is 171 Å². The molecule has 6 nitrogen and oxygen atoms in total. The molecule has 144 valence electrons. The number of thiazole rings is 1. The van der Waals surface area contributed by atoms with Gasteiger partial charge in [-0.15, -0.1) is 17.9 Å². The highest BCUT2D eigenvalue weighted by atomic mass is 32.1. The third-order valence-electron chi connectivity index (χ3n) is 4.61. The molecule has 0 unspecified atom stereocenters. The van der Waals surface area contributed by atoms with E-state index in [1.54, 1.807) is 0 Å². The molecule has 1 N–H and O–H groups in total. The molecule has 0 radical (unpaired) electrons. The second-order valence-corrected chi connectivity index (χ2v) is 7.72. The molecule has 0 aliphatic carbocycles. The topological polar surface area (TPSA) is 79.4 Å². The molecule has 1 aliphatic heterocycles. The van der Waals surface area contributed by atoms with Crippen molar-refractivity contribution in [1.82, 2.24) is 9.88 Å². The van der Waals surface area contributed by atoms with Gasteiger partial charge in [-0.3, -0.25) is 24.6 Å². The van der Waals surface area contributed by atoms with Crippen LogP contribution in [-0.2, 0) is 0 Å². The number of anilines is 1. The molecule has 3 aromatic rings. The average molecular weight is 403 g/mol. The van der Waals surface area contributed by atoms with Crippen molar-refractivity contribution in [3.05, 3.63) is 82.8 Å². The number of benzene rings is 2. The van der Waals surface area contributed by atoms with E-state index in [1.807, 2.05) is 37.3 Å². The van der Waals surface area contributed by atoms with Crippen LogP contribution >= 0.6 is 11.3 Å². The van der Waals surface area contributed by atoms with Crippen molar-refractivity contribution < 1.29 is 14.4 Å². The van der Waals surface area contributed by atoms with Gasteiger partial charge in [0.15, 0.2) is 5.13 Å². The number of amides is 3. The number of nitrogens with one attached hydrogen (secondary N) is 1. The fourth-order valence-corrected chi connectivity index (χ4v) is 4.04. The predicted octanol–water partition coefficient (Wildman–Crippen LogP) is 4.15. The van der Waals surface area contributed by atoms with Crippen molar-refractivity contribution >= 4 is 34.2 Å². The first-order chi connectivity index (χ1) is 14.0. The molecule has 29 heavy (non-hydrogen) atoms. The molecular weight excluding hydrogens is 386 g/mol. The Hall–Kier alpha value is -3.58. The summed E-state index contributed by atoms with van der Waals surface area (Å²) in [6.45, 7) is 5.64. The van der Waals surface area contributed by atoms with Crippen molar-refractivity contribution in [2.24, 2.45) is 0 Å². The SMILES string of the molecule is C=CCN1C(=O)c2ccc(C(=O)Nc3nc(-c4ccccc4)c(C)s3)cc2C1=O.